The Bertz CT molecular complexity index is 601. The molecule has 4 nitrogen and oxygen atoms in total. The number of hydrogen-bond donors (Lipinski definition) is 0. The third-order valence-electron chi connectivity index (χ3n) is 1.82. The van der Waals surface area contributed by atoms with Gasteiger partial charge >= 0.3 is 0 Å². The molecule has 1 amide bonds. The molecule has 1 unspecified atom stereocenters. The van der Waals surface area contributed by atoms with Crippen molar-refractivity contribution in [3.05, 3.63) is 35.8 Å². The largest absolute Gasteiger partial charge is 0.446 e. The van der Waals surface area contributed by atoms with E-state index in [-0.39, 0.29) is 11.6 Å². The van der Waals surface area contributed by atoms with Gasteiger partial charge in [-0.3, -0.25) is 4.79 Å². The summed E-state index contributed by atoms with van der Waals surface area (Å²) in [6, 6.07) is -2.38. The van der Waals surface area contributed by atoms with Gasteiger partial charge in [-0.25, -0.2) is 0 Å². The van der Waals surface area contributed by atoms with Gasteiger partial charge in [0.15, 0.2) is 0 Å². The van der Waals surface area contributed by atoms with Crippen molar-refractivity contribution in [3.63, 3.8) is 0 Å². The lowest BCUT2D eigenvalue weighted by Gasteiger charge is -2.14. The van der Waals surface area contributed by atoms with Gasteiger partial charge in [-0.1, -0.05) is 30.2 Å². The van der Waals surface area contributed by atoms with E-state index in [4.69, 9.17) is 11.6 Å². The van der Waals surface area contributed by atoms with Crippen molar-refractivity contribution in [3.8, 4) is 0 Å². The molecule has 1 aromatic carbocycles. The number of rotatable bonds is 1. The van der Waals surface area contributed by atoms with E-state index in [0.29, 0.717) is 0 Å². The van der Waals surface area contributed by atoms with Crippen LogP contribution in [0, 0.1) is 0 Å². The molecule has 4 heteroatoms. The minimum absolute atomic E-state index is 0.0480. The Morgan fingerprint density at radius 2 is 2.07 bits per heavy atom. The molecule has 78 valence electrons. The molecule has 0 aromatic heterocycles. The fourth-order valence-corrected chi connectivity index (χ4v) is 1.11. The van der Waals surface area contributed by atoms with Gasteiger partial charge in [-0.2, -0.15) is 4.99 Å². The summed E-state index contributed by atoms with van der Waals surface area (Å²) >= 11 is 0. The van der Waals surface area contributed by atoms with Crippen molar-refractivity contribution in [2.75, 3.05) is 14.1 Å². The van der Waals surface area contributed by atoms with Gasteiger partial charge in [0, 0.05) is 19.7 Å². The highest BCUT2D eigenvalue weighted by Crippen LogP contribution is 2.24. The summed E-state index contributed by atoms with van der Waals surface area (Å²) in [7, 11) is 3.24. The van der Waals surface area contributed by atoms with E-state index in [0.717, 1.165) is 0 Å². The first-order valence-corrected chi connectivity index (χ1v) is 4.29. The number of carbonyl (C=O) groups excluding carboxylic acids is 1. The topological polar surface area (TPSA) is 41.9 Å². The first kappa shape index (κ1) is 5.30. The van der Waals surface area contributed by atoms with E-state index >= 15 is 0 Å². The molecule has 1 atom stereocenters. The molecule has 1 aromatic rings. The average Bonchev–Trinajstić information content (AvgIpc) is 2.77. The van der Waals surface area contributed by atoms with E-state index in [9.17, 15) is 4.79 Å². The van der Waals surface area contributed by atoms with Crippen LogP contribution in [0.4, 0.5) is 0 Å². The minimum atomic E-state index is -1.30. The highest BCUT2D eigenvalue weighted by atomic mass is 16.5. The summed E-state index contributed by atoms with van der Waals surface area (Å²) in [4.78, 5) is 16.9. The number of amidine groups is 1. The van der Waals surface area contributed by atoms with Gasteiger partial charge in [0.25, 0.3) is 11.9 Å². The van der Waals surface area contributed by atoms with Crippen LogP contribution in [0.15, 0.2) is 35.2 Å². The Labute approximate surface area is 95.2 Å². The van der Waals surface area contributed by atoms with Gasteiger partial charge < -0.3 is 9.64 Å². The summed E-state index contributed by atoms with van der Waals surface area (Å²) < 4.78 is 43.5. The standard InChI is InChI=1S/C11H12N2O2/c1-13(2)11-12-10(14)9(15-11)8-6-4-3-5-7-8/h3-7,9H,1-2H3/i3D,4D,5D,6D,7D. The summed E-state index contributed by atoms with van der Waals surface area (Å²) in [5, 5.41) is 0. The van der Waals surface area contributed by atoms with Gasteiger partial charge in [-0.15, -0.1) is 0 Å². The maximum absolute atomic E-state index is 11.8. The van der Waals surface area contributed by atoms with Crippen LogP contribution in [0.5, 0.6) is 0 Å². The minimum Gasteiger partial charge on any atom is -0.446 e. The number of nitrogens with zero attached hydrogens (tertiary/aromatic N) is 2. The fraction of sp³-hybridized carbons (Fsp3) is 0.273. The van der Waals surface area contributed by atoms with Crippen LogP contribution in [0.1, 0.15) is 18.5 Å². The van der Waals surface area contributed by atoms with Crippen LogP contribution in [-0.4, -0.2) is 30.9 Å². The van der Waals surface area contributed by atoms with Crippen molar-refractivity contribution < 1.29 is 16.4 Å². The predicted molar refractivity (Wildman–Crippen MR) is 56.4 cm³/mol. The highest BCUT2D eigenvalue weighted by Gasteiger charge is 2.31. The molecule has 1 aliphatic rings. The number of carbonyl (C=O) groups is 1. The van der Waals surface area contributed by atoms with Gasteiger partial charge in [-0.05, 0) is 0 Å². The van der Waals surface area contributed by atoms with Crippen molar-refractivity contribution in [2.24, 2.45) is 4.99 Å². The number of amides is 1. The number of ether oxygens (including phenoxy) is 1. The number of hydrogen-bond acceptors (Lipinski definition) is 3. The smallest absolute Gasteiger partial charge is 0.296 e. The molecule has 0 spiro atoms. The summed E-state index contributed by atoms with van der Waals surface area (Å²) in [6.45, 7) is 0. The van der Waals surface area contributed by atoms with E-state index in [1.807, 2.05) is 0 Å². The number of benzene rings is 1. The van der Waals surface area contributed by atoms with Crippen LogP contribution in [0.2, 0.25) is 0 Å². The predicted octanol–water partition coefficient (Wildman–Crippen LogP) is 1.20. The lowest BCUT2D eigenvalue weighted by molar-refractivity contribution is -0.122. The van der Waals surface area contributed by atoms with E-state index in [1.165, 1.54) is 4.90 Å². The quantitative estimate of drug-likeness (QED) is 0.698. The molecule has 1 aliphatic heterocycles. The average molecular weight is 209 g/mol. The molecule has 0 bridgehead atoms. The molecule has 2 rings (SSSR count). The molecule has 0 N–H and O–H groups in total. The molecule has 0 saturated carbocycles. The second kappa shape index (κ2) is 3.73. The molecule has 0 radical (unpaired) electrons. The SMILES string of the molecule is [2H]c1c([2H])c([2H])c(C2OC(N(C)C)=NC2=O)c([2H])c1[2H]. The third-order valence-corrected chi connectivity index (χ3v) is 1.82. The van der Waals surface area contributed by atoms with Gasteiger partial charge in [0.05, 0.1) is 6.85 Å². The Kier molecular flexibility index (Phi) is 1.32. The van der Waals surface area contributed by atoms with Gasteiger partial charge in [0.1, 0.15) is 0 Å². The van der Waals surface area contributed by atoms with Crippen molar-refractivity contribution in [1.82, 2.24) is 4.90 Å². The van der Waals surface area contributed by atoms with Crippen LogP contribution >= 0.6 is 0 Å². The molecular weight excluding hydrogens is 192 g/mol. The molecule has 15 heavy (non-hydrogen) atoms. The Morgan fingerprint density at radius 3 is 2.60 bits per heavy atom. The second-order valence-electron chi connectivity index (χ2n) is 3.16. The van der Waals surface area contributed by atoms with Crippen LogP contribution in [0.25, 0.3) is 0 Å². The van der Waals surface area contributed by atoms with Gasteiger partial charge in [0.2, 0.25) is 6.10 Å². The normalized spacial score (nSPS) is 24.4. The van der Waals surface area contributed by atoms with Crippen molar-refractivity contribution in [1.29, 1.82) is 0 Å². The van der Waals surface area contributed by atoms with Crippen molar-refractivity contribution in [2.45, 2.75) is 6.10 Å². The monoisotopic (exact) mass is 209 g/mol. The third kappa shape index (κ3) is 1.83. The maximum Gasteiger partial charge on any atom is 0.296 e. The zero-order valence-corrected chi connectivity index (χ0v) is 8.29. The lowest BCUT2D eigenvalue weighted by Crippen LogP contribution is -2.22. The summed E-state index contributed by atoms with van der Waals surface area (Å²) in [5.41, 5.74) is -0.193. The molecule has 0 saturated heterocycles. The zero-order chi connectivity index (χ0) is 15.2. The maximum atomic E-state index is 11.8. The van der Waals surface area contributed by atoms with Crippen LogP contribution < -0.4 is 0 Å². The van der Waals surface area contributed by atoms with E-state index in [1.54, 1.807) is 14.1 Å². The summed E-state index contributed by atoms with van der Waals surface area (Å²) in [5.74, 6) is -0.688. The molecule has 0 fully saturated rings. The first-order chi connectivity index (χ1) is 9.25. The highest BCUT2D eigenvalue weighted by molar-refractivity contribution is 5.98. The molecular formula is C11H12N2O2. The Morgan fingerprint density at radius 1 is 1.40 bits per heavy atom. The Balaban J connectivity index is 2.54. The van der Waals surface area contributed by atoms with E-state index < -0.39 is 42.2 Å². The molecule has 0 aliphatic carbocycles. The lowest BCUT2D eigenvalue weighted by atomic mass is 10.1. The summed E-state index contributed by atoms with van der Waals surface area (Å²) in [6.07, 6.45) is -1.30. The second-order valence-corrected chi connectivity index (χ2v) is 3.16. The number of aliphatic imine (C=N–C) groups is 1. The molecule has 1 heterocycles. The zero-order valence-electron chi connectivity index (χ0n) is 13.3. The van der Waals surface area contributed by atoms with E-state index in [2.05, 4.69) is 4.99 Å². The van der Waals surface area contributed by atoms with Crippen LogP contribution in [-0.2, 0) is 9.53 Å². The van der Waals surface area contributed by atoms with Crippen molar-refractivity contribution >= 4 is 11.9 Å². The Hall–Kier alpha value is -1.84. The fourth-order valence-electron chi connectivity index (χ4n) is 1.11. The van der Waals surface area contributed by atoms with Crippen LogP contribution in [0.3, 0.4) is 0 Å². The first-order valence-electron chi connectivity index (χ1n) is 6.79.